The zero-order valence-electron chi connectivity index (χ0n) is 34.5. The predicted molar refractivity (Wildman–Crippen MR) is 212 cm³/mol. The van der Waals surface area contributed by atoms with Gasteiger partial charge < -0.3 is 59.9 Å². The number of carbonyl (C=O) groups excluding carboxylic acids is 5. The third kappa shape index (κ3) is 20.4. The Kier molecular flexibility index (Phi) is 25.5. The number of hydrogen-bond donors (Lipinski definition) is 5. The van der Waals surface area contributed by atoms with Crippen molar-refractivity contribution in [2.45, 2.75) is 90.1 Å². The first kappa shape index (κ1) is 50.2. The summed E-state index contributed by atoms with van der Waals surface area (Å²) in [6.45, 7) is 1.50. The van der Waals surface area contributed by atoms with Crippen LogP contribution in [0.3, 0.4) is 0 Å². The molecule has 0 saturated carbocycles. The molecule has 324 valence electrons. The number of rotatable bonds is 23. The van der Waals surface area contributed by atoms with Gasteiger partial charge in [-0.25, -0.2) is 0 Å². The second-order valence-corrected chi connectivity index (χ2v) is 12.5. The fraction of sp³-hybridized carbons (Fsp3) is 0.550. The van der Waals surface area contributed by atoms with Crippen LogP contribution < -0.4 is 50.1 Å². The Morgan fingerprint density at radius 2 is 1.05 bits per heavy atom. The summed E-state index contributed by atoms with van der Waals surface area (Å²) >= 11 is 0. The largest absolute Gasteiger partial charge is 0.496 e. The van der Waals surface area contributed by atoms with Crippen molar-refractivity contribution < 1.29 is 67.0 Å². The molecule has 0 atom stereocenters. The van der Waals surface area contributed by atoms with Gasteiger partial charge in [0.15, 0.2) is 0 Å². The average molecular weight is 821 g/mol. The lowest BCUT2D eigenvalue weighted by atomic mass is 10.1. The zero-order valence-corrected chi connectivity index (χ0v) is 34.5. The highest BCUT2D eigenvalue weighted by Crippen LogP contribution is 2.35. The van der Waals surface area contributed by atoms with E-state index in [0.717, 1.165) is 31.2 Å². The lowest BCUT2D eigenvalue weighted by molar-refractivity contribution is -0.163. The van der Waals surface area contributed by atoms with Crippen LogP contribution in [0, 0.1) is 0 Å². The molecule has 0 aromatic heterocycles. The quantitative estimate of drug-likeness (QED) is 0.0611. The molecule has 1 heterocycles. The van der Waals surface area contributed by atoms with Gasteiger partial charge in [-0.2, -0.15) is 0 Å². The molecule has 1 aliphatic heterocycles. The van der Waals surface area contributed by atoms with Gasteiger partial charge in [-0.05, 0) is 38.5 Å². The molecule has 18 nitrogen and oxygen atoms in total. The zero-order chi connectivity index (χ0) is 43.3. The van der Waals surface area contributed by atoms with Gasteiger partial charge in [-0.3, -0.25) is 28.8 Å². The van der Waals surface area contributed by atoms with E-state index in [1.807, 2.05) is 0 Å². The monoisotopic (exact) mass is 820 g/mol. The van der Waals surface area contributed by atoms with Crippen molar-refractivity contribution in [1.82, 2.24) is 16.0 Å². The molecule has 6 N–H and O–H groups in total. The third-order valence-corrected chi connectivity index (χ3v) is 8.30. The smallest absolute Gasteiger partial charge is 0.313 e. The van der Waals surface area contributed by atoms with Gasteiger partial charge >= 0.3 is 17.9 Å². The lowest BCUT2D eigenvalue weighted by Crippen LogP contribution is -2.23. The van der Waals surface area contributed by atoms with Gasteiger partial charge in [-0.1, -0.05) is 0 Å². The molecule has 1 saturated heterocycles. The molecule has 58 heavy (non-hydrogen) atoms. The van der Waals surface area contributed by atoms with Crippen LogP contribution >= 0.6 is 0 Å². The maximum atomic E-state index is 11.9. The van der Waals surface area contributed by atoms with Gasteiger partial charge in [0.2, 0.25) is 17.7 Å². The number of cyclic esters (lactones) is 2. The van der Waals surface area contributed by atoms with Gasteiger partial charge in [0.1, 0.15) is 34.5 Å². The summed E-state index contributed by atoms with van der Waals surface area (Å²) in [6, 6.07) is 7.02. The number of esters is 2. The van der Waals surface area contributed by atoms with Crippen molar-refractivity contribution in [2.75, 3.05) is 55.7 Å². The van der Waals surface area contributed by atoms with E-state index >= 15 is 0 Å². The number of aliphatic carboxylic acids is 1. The Morgan fingerprint density at radius 1 is 0.638 bits per heavy atom. The van der Waals surface area contributed by atoms with E-state index in [1.165, 1.54) is 14.2 Å². The fourth-order valence-electron chi connectivity index (χ4n) is 5.15. The fourth-order valence-corrected chi connectivity index (χ4v) is 5.15. The van der Waals surface area contributed by atoms with Crippen LogP contribution in [0.2, 0.25) is 0 Å². The molecule has 2 aromatic carbocycles. The highest BCUT2D eigenvalue weighted by atomic mass is 16.6. The Labute approximate surface area is 339 Å². The number of ether oxygens (including phenoxy) is 7. The number of methoxy groups -OCH3 is 4. The molecule has 0 radical (unpaired) electrons. The van der Waals surface area contributed by atoms with E-state index in [0.29, 0.717) is 91.9 Å². The Balaban J connectivity index is 0.000000501. The van der Waals surface area contributed by atoms with Crippen LogP contribution in [0.1, 0.15) is 88.2 Å². The average Bonchev–Trinajstić information content (AvgIpc) is 3.21. The van der Waals surface area contributed by atoms with E-state index in [4.69, 9.17) is 39.3 Å². The molecule has 3 rings (SSSR count). The van der Waals surface area contributed by atoms with Crippen molar-refractivity contribution >= 4 is 35.6 Å². The lowest BCUT2D eigenvalue weighted by Gasteiger charge is -2.16. The van der Waals surface area contributed by atoms with Crippen LogP contribution in [-0.2, 0) is 46.6 Å². The van der Waals surface area contributed by atoms with Crippen LogP contribution in [0.25, 0.3) is 0 Å². The van der Waals surface area contributed by atoms with Crippen molar-refractivity contribution in [3.05, 3.63) is 35.4 Å². The number of carboxylic acid groups (broad SMARTS) is 1. The maximum absolute atomic E-state index is 11.9. The molecule has 2 aromatic rings. The van der Waals surface area contributed by atoms with Gasteiger partial charge in [0.05, 0.1) is 53.8 Å². The molecular weight excluding hydrogens is 760 g/mol. The normalized spacial score (nSPS) is 11.6. The van der Waals surface area contributed by atoms with E-state index < -0.39 is 5.97 Å². The number of nitrogens with two attached hydrogens (primary N) is 1. The predicted octanol–water partition coefficient (Wildman–Crippen LogP) is 3.57. The van der Waals surface area contributed by atoms with E-state index in [2.05, 4.69) is 20.7 Å². The minimum absolute atomic E-state index is 0.00250. The number of nitrogens with one attached hydrogen (secondary N) is 3. The number of unbranched alkanes of at least 4 members (excludes halogenated alkanes) is 2. The molecule has 1 fully saturated rings. The topological polar surface area (TPSA) is 249 Å². The summed E-state index contributed by atoms with van der Waals surface area (Å²) in [5.74, 6) is 1.66. The Bertz CT molecular complexity index is 1550. The van der Waals surface area contributed by atoms with Crippen molar-refractivity contribution in [1.29, 1.82) is 0 Å². The number of carbonyl (C=O) groups is 6. The minimum atomic E-state index is -0.926. The summed E-state index contributed by atoms with van der Waals surface area (Å²) < 4.78 is 37.0. The molecule has 1 aliphatic rings. The third-order valence-electron chi connectivity index (χ3n) is 8.30. The summed E-state index contributed by atoms with van der Waals surface area (Å²) in [4.78, 5) is 65.2. The summed E-state index contributed by atoms with van der Waals surface area (Å²) in [6.07, 6.45) is 5.81. The van der Waals surface area contributed by atoms with E-state index in [-0.39, 0.29) is 55.5 Å². The van der Waals surface area contributed by atoms with E-state index in [1.54, 1.807) is 52.6 Å². The van der Waals surface area contributed by atoms with Crippen molar-refractivity contribution in [3.8, 4) is 34.5 Å². The second kappa shape index (κ2) is 29.5. The molecular formula is C40H60N4O14. The van der Waals surface area contributed by atoms with Crippen molar-refractivity contribution in [3.63, 3.8) is 0 Å². The summed E-state index contributed by atoms with van der Waals surface area (Å²) in [7, 11) is 9.44. The number of hydrogen-bond acceptors (Lipinski definition) is 14. The van der Waals surface area contributed by atoms with E-state index in [9.17, 15) is 28.8 Å². The highest BCUT2D eigenvalue weighted by Gasteiger charge is 2.17. The van der Waals surface area contributed by atoms with Gasteiger partial charge in [-0.15, -0.1) is 0 Å². The molecule has 0 spiro atoms. The first-order valence-electron chi connectivity index (χ1n) is 18.9. The maximum Gasteiger partial charge on any atom is 0.313 e. The first-order chi connectivity index (χ1) is 27.8. The number of carboxylic acids is 1. The highest BCUT2D eigenvalue weighted by molar-refractivity contribution is 5.87. The van der Waals surface area contributed by atoms with Crippen LogP contribution in [-0.4, -0.2) is 96.5 Å². The SMILES string of the molecule is CNC(=O)CCCCOc1cc(OC)c(CN)c(OC)c1.CNC(=O)CCCCOc1cc(OC)c(CNC(=O)CCCC(=O)O)c(OC)c1.O=C1CCCC(=O)O1. The molecule has 18 heteroatoms. The molecule has 0 unspecified atom stereocenters. The summed E-state index contributed by atoms with van der Waals surface area (Å²) in [5.41, 5.74) is 7.17. The first-order valence-corrected chi connectivity index (χ1v) is 18.9. The Hall–Kier alpha value is -5.78. The number of amides is 3. The van der Waals surface area contributed by atoms with Crippen molar-refractivity contribution in [2.24, 2.45) is 5.73 Å². The molecule has 0 bridgehead atoms. The minimum Gasteiger partial charge on any atom is -0.496 e. The van der Waals surface area contributed by atoms with Crippen LogP contribution in [0.4, 0.5) is 0 Å². The number of benzene rings is 2. The van der Waals surface area contributed by atoms with Crippen LogP contribution in [0.5, 0.6) is 34.5 Å². The van der Waals surface area contributed by atoms with Gasteiger partial charge in [0.25, 0.3) is 0 Å². The Morgan fingerprint density at radius 3 is 1.40 bits per heavy atom. The molecule has 0 aliphatic carbocycles. The van der Waals surface area contributed by atoms with Gasteiger partial charge in [0, 0.05) is 89.0 Å². The van der Waals surface area contributed by atoms with Crippen LogP contribution in [0.15, 0.2) is 24.3 Å². The standard InChI is InChI=1S/C20H30N2O7.C15H24N2O4.C5H6O3/c1-21-18(23)7-4-5-10-29-14-11-16(27-2)15(17(12-14)28-3)13-22-19(24)8-6-9-20(25)26;1-17-15(18)6-4-5-7-21-11-8-13(19-2)12(10-16)14(9-11)20-3;6-4-2-1-3-5(7)8-4/h11-12H,4-10,13H2,1-3H3,(H,21,23)(H,22,24)(H,25,26);8-9H,4-7,10,16H2,1-3H3,(H,17,18);1-3H2. The second-order valence-electron chi connectivity index (χ2n) is 12.5. The molecule has 3 amide bonds. The summed E-state index contributed by atoms with van der Waals surface area (Å²) in [5, 5.41) is 16.5.